The largest absolute Gasteiger partial charge is 0.448 e. The van der Waals surface area contributed by atoms with E-state index >= 15 is 0 Å². The van der Waals surface area contributed by atoms with Crippen molar-refractivity contribution in [2.45, 2.75) is 57.9 Å². The average molecular weight is 358 g/mol. The number of alkyl carbamates (subject to hydrolysis) is 1. The van der Waals surface area contributed by atoms with Crippen molar-refractivity contribution < 1.29 is 23.9 Å². The van der Waals surface area contributed by atoms with E-state index in [2.05, 4.69) is 22.9 Å². The molecule has 0 aliphatic rings. The van der Waals surface area contributed by atoms with Crippen molar-refractivity contribution >= 4 is 23.8 Å². The monoisotopic (exact) mass is 358 g/mol. The molecule has 1 atom stereocenters. The molecule has 0 radical (unpaired) electrons. The van der Waals surface area contributed by atoms with Crippen LogP contribution in [0.4, 0.5) is 4.79 Å². The van der Waals surface area contributed by atoms with Crippen LogP contribution in [0.3, 0.4) is 0 Å². The maximum atomic E-state index is 12.1. The zero-order chi connectivity index (χ0) is 19.1. The van der Waals surface area contributed by atoms with Gasteiger partial charge in [0, 0.05) is 13.5 Å². The highest BCUT2D eigenvalue weighted by Crippen LogP contribution is 2.05. The van der Waals surface area contributed by atoms with Crippen molar-refractivity contribution in [1.29, 1.82) is 0 Å². The number of rotatable bonds is 13. The van der Waals surface area contributed by atoms with E-state index in [1.54, 1.807) is 0 Å². The lowest BCUT2D eigenvalue weighted by Crippen LogP contribution is -2.49. The van der Waals surface area contributed by atoms with Gasteiger partial charge in [-0.15, -0.1) is 0 Å². The number of unbranched alkanes of at least 4 members (excludes halogenated alkanes) is 4. The zero-order valence-corrected chi connectivity index (χ0v) is 15.1. The van der Waals surface area contributed by atoms with Crippen molar-refractivity contribution in [2.75, 3.05) is 20.2 Å². The molecule has 0 heterocycles. The third kappa shape index (κ3) is 12.7. The minimum Gasteiger partial charge on any atom is -0.448 e. The molecule has 9 heteroatoms. The van der Waals surface area contributed by atoms with Crippen molar-refractivity contribution in [2.24, 2.45) is 5.73 Å². The van der Waals surface area contributed by atoms with Crippen LogP contribution in [0.2, 0.25) is 0 Å². The SMILES string of the molecule is CCCCCCCC(=O)N[C@H](CC(N)=O)C(=O)NCCOC(=O)NC. The van der Waals surface area contributed by atoms with Crippen LogP contribution in [0, 0.1) is 0 Å². The second kappa shape index (κ2) is 14.1. The van der Waals surface area contributed by atoms with Crippen molar-refractivity contribution in [3.8, 4) is 0 Å². The Kier molecular flexibility index (Phi) is 12.8. The molecular weight excluding hydrogens is 328 g/mol. The Bertz CT molecular complexity index is 442. The molecule has 0 aromatic rings. The molecule has 0 saturated carbocycles. The molecule has 144 valence electrons. The Morgan fingerprint density at radius 2 is 1.76 bits per heavy atom. The number of nitrogens with one attached hydrogen (secondary N) is 3. The van der Waals surface area contributed by atoms with Crippen LogP contribution in [0.15, 0.2) is 0 Å². The highest BCUT2D eigenvalue weighted by Gasteiger charge is 2.22. The van der Waals surface area contributed by atoms with E-state index in [-0.39, 0.29) is 25.5 Å². The van der Waals surface area contributed by atoms with Crippen LogP contribution in [-0.2, 0) is 19.1 Å². The van der Waals surface area contributed by atoms with E-state index in [9.17, 15) is 19.2 Å². The fourth-order valence-electron chi connectivity index (χ4n) is 2.08. The van der Waals surface area contributed by atoms with E-state index in [1.807, 2.05) is 0 Å². The fourth-order valence-corrected chi connectivity index (χ4v) is 2.08. The predicted molar refractivity (Wildman–Crippen MR) is 92.5 cm³/mol. The molecule has 5 N–H and O–H groups in total. The summed E-state index contributed by atoms with van der Waals surface area (Å²) in [6, 6.07) is -1.03. The second-order valence-electron chi connectivity index (χ2n) is 5.63. The molecule has 0 aromatic heterocycles. The first kappa shape index (κ1) is 22.7. The third-order valence-electron chi connectivity index (χ3n) is 3.40. The third-order valence-corrected chi connectivity index (χ3v) is 3.40. The van der Waals surface area contributed by atoms with E-state index in [0.717, 1.165) is 32.1 Å². The number of hydrogen-bond acceptors (Lipinski definition) is 5. The molecule has 0 aliphatic carbocycles. The fraction of sp³-hybridized carbons (Fsp3) is 0.750. The van der Waals surface area contributed by atoms with Gasteiger partial charge >= 0.3 is 6.09 Å². The van der Waals surface area contributed by atoms with Crippen LogP contribution < -0.4 is 21.7 Å². The lowest BCUT2D eigenvalue weighted by molar-refractivity contribution is -0.131. The minimum absolute atomic E-state index is 0.0277. The van der Waals surface area contributed by atoms with Gasteiger partial charge in [0.05, 0.1) is 13.0 Å². The lowest BCUT2D eigenvalue weighted by Gasteiger charge is -2.17. The summed E-state index contributed by atoms with van der Waals surface area (Å²) < 4.78 is 4.73. The molecule has 0 bridgehead atoms. The first-order valence-corrected chi connectivity index (χ1v) is 8.60. The van der Waals surface area contributed by atoms with Gasteiger partial charge in [-0.05, 0) is 6.42 Å². The van der Waals surface area contributed by atoms with Crippen LogP contribution >= 0.6 is 0 Å². The van der Waals surface area contributed by atoms with Gasteiger partial charge in [-0.3, -0.25) is 14.4 Å². The molecule has 0 rings (SSSR count). The molecule has 0 spiro atoms. The van der Waals surface area contributed by atoms with E-state index in [4.69, 9.17) is 10.5 Å². The highest BCUT2D eigenvalue weighted by atomic mass is 16.5. The number of primary amides is 1. The molecule has 4 amide bonds. The van der Waals surface area contributed by atoms with Gasteiger partial charge in [0.2, 0.25) is 17.7 Å². The van der Waals surface area contributed by atoms with Crippen LogP contribution in [0.5, 0.6) is 0 Å². The Morgan fingerprint density at radius 1 is 1.08 bits per heavy atom. The second-order valence-corrected chi connectivity index (χ2v) is 5.63. The van der Waals surface area contributed by atoms with Crippen molar-refractivity contribution in [3.05, 3.63) is 0 Å². The van der Waals surface area contributed by atoms with Crippen LogP contribution in [0.25, 0.3) is 0 Å². The summed E-state index contributed by atoms with van der Waals surface area (Å²) in [6.45, 7) is 2.15. The maximum Gasteiger partial charge on any atom is 0.406 e. The van der Waals surface area contributed by atoms with Crippen molar-refractivity contribution in [3.63, 3.8) is 0 Å². The molecule has 0 aliphatic heterocycles. The first-order valence-electron chi connectivity index (χ1n) is 8.60. The summed E-state index contributed by atoms with van der Waals surface area (Å²) in [6.07, 6.45) is 4.40. The first-order chi connectivity index (χ1) is 11.9. The molecule has 9 nitrogen and oxygen atoms in total. The Labute approximate surface area is 148 Å². The Hall–Kier alpha value is -2.32. The van der Waals surface area contributed by atoms with E-state index < -0.39 is 23.9 Å². The summed E-state index contributed by atoms with van der Waals surface area (Å²) >= 11 is 0. The predicted octanol–water partition coefficient (Wildman–Crippen LogP) is 0.179. The van der Waals surface area contributed by atoms with Gasteiger partial charge in [-0.1, -0.05) is 32.6 Å². The minimum atomic E-state index is -1.03. The van der Waals surface area contributed by atoms with Gasteiger partial charge in [0.15, 0.2) is 0 Å². The number of hydrogen-bond donors (Lipinski definition) is 4. The maximum absolute atomic E-state index is 12.1. The number of carbonyl (C=O) groups excluding carboxylic acids is 4. The molecule has 0 unspecified atom stereocenters. The van der Waals surface area contributed by atoms with E-state index in [0.29, 0.717) is 6.42 Å². The summed E-state index contributed by atoms with van der Waals surface area (Å²) in [5.74, 6) is -1.52. The topological polar surface area (TPSA) is 140 Å². The molecular formula is C16H30N4O5. The lowest BCUT2D eigenvalue weighted by atomic mass is 10.1. The number of carbonyl (C=O) groups is 4. The van der Waals surface area contributed by atoms with Crippen LogP contribution in [-0.4, -0.2) is 50.1 Å². The Balaban J connectivity index is 4.24. The Morgan fingerprint density at radius 3 is 2.36 bits per heavy atom. The average Bonchev–Trinajstić information content (AvgIpc) is 2.57. The van der Waals surface area contributed by atoms with Gasteiger partial charge < -0.3 is 26.4 Å². The molecule has 25 heavy (non-hydrogen) atoms. The smallest absolute Gasteiger partial charge is 0.406 e. The molecule has 0 saturated heterocycles. The summed E-state index contributed by atoms with van der Waals surface area (Å²) in [4.78, 5) is 45.9. The van der Waals surface area contributed by atoms with Gasteiger partial charge in [0.25, 0.3) is 0 Å². The standard InChI is InChI=1S/C16H30N4O5/c1-3-4-5-6-7-8-14(22)20-12(11-13(17)21)15(23)19-9-10-25-16(24)18-2/h12H,3-11H2,1-2H3,(H2,17,21)(H,18,24)(H,19,23)(H,20,22)/t12-/m1/s1. The normalized spacial score (nSPS) is 11.3. The van der Waals surface area contributed by atoms with Crippen LogP contribution in [0.1, 0.15) is 51.9 Å². The summed E-state index contributed by atoms with van der Waals surface area (Å²) in [5, 5.41) is 7.29. The van der Waals surface area contributed by atoms with Gasteiger partial charge in [-0.2, -0.15) is 0 Å². The molecule has 0 aromatic carbocycles. The summed E-state index contributed by atoms with van der Waals surface area (Å²) in [7, 11) is 1.42. The van der Waals surface area contributed by atoms with E-state index in [1.165, 1.54) is 7.05 Å². The number of ether oxygens (including phenoxy) is 1. The highest BCUT2D eigenvalue weighted by molar-refractivity contribution is 5.91. The summed E-state index contributed by atoms with van der Waals surface area (Å²) in [5.41, 5.74) is 5.13. The zero-order valence-electron chi connectivity index (χ0n) is 15.1. The van der Waals surface area contributed by atoms with Gasteiger partial charge in [0.1, 0.15) is 12.6 Å². The molecule has 0 fully saturated rings. The van der Waals surface area contributed by atoms with Gasteiger partial charge in [-0.25, -0.2) is 4.79 Å². The van der Waals surface area contributed by atoms with Crippen molar-refractivity contribution in [1.82, 2.24) is 16.0 Å². The quantitative estimate of drug-likeness (QED) is 0.348. The number of amides is 4. The number of nitrogens with two attached hydrogens (primary N) is 1.